The topological polar surface area (TPSA) is 65.6 Å². The zero-order chi connectivity index (χ0) is 14.7. The Balaban J connectivity index is 2.17. The minimum absolute atomic E-state index is 0.0490. The summed E-state index contributed by atoms with van der Waals surface area (Å²) in [4.78, 5) is 16.6. The van der Waals surface area contributed by atoms with E-state index in [-0.39, 0.29) is 12.2 Å². The van der Waals surface area contributed by atoms with Crippen LogP contribution >= 0.6 is 0 Å². The molecular formula is C14H21N5O. The Bertz CT molecular complexity index is 596. The molecule has 2 rings (SSSR count). The Labute approximate surface area is 118 Å². The Hall–Kier alpha value is -1.98. The van der Waals surface area contributed by atoms with E-state index in [1.165, 1.54) is 6.33 Å². The third-order valence-electron chi connectivity index (χ3n) is 3.09. The molecule has 0 N–H and O–H groups in total. The first-order chi connectivity index (χ1) is 9.51. The summed E-state index contributed by atoms with van der Waals surface area (Å²) in [5, 5.41) is 8.49. The summed E-state index contributed by atoms with van der Waals surface area (Å²) in [5.74, 6) is 1.23. The lowest BCUT2D eigenvalue weighted by molar-refractivity contribution is 0.0988. The predicted molar refractivity (Wildman–Crippen MR) is 75.5 cm³/mol. The van der Waals surface area contributed by atoms with Gasteiger partial charge in [0.05, 0.1) is 17.7 Å². The van der Waals surface area contributed by atoms with Crippen LogP contribution in [-0.4, -0.2) is 30.3 Å². The summed E-state index contributed by atoms with van der Waals surface area (Å²) in [6, 6.07) is 0. The standard InChI is InChI=1S/C14H21N5O/c1-5-12-11(8-18(4)17-12)13(20)6-14-15-9-16-19(14)7-10(2)3/h8-10H,5-7H2,1-4H3. The van der Waals surface area contributed by atoms with Crippen molar-refractivity contribution in [1.82, 2.24) is 24.5 Å². The van der Waals surface area contributed by atoms with Gasteiger partial charge in [0, 0.05) is 19.8 Å². The fourth-order valence-corrected chi connectivity index (χ4v) is 2.19. The van der Waals surface area contributed by atoms with Gasteiger partial charge >= 0.3 is 0 Å². The second kappa shape index (κ2) is 5.98. The maximum atomic E-state index is 12.4. The third-order valence-corrected chi connectivity index (χ3v) is 3.09. The number of aryl methyl sites for hydroxylation is 2. The van der Waals surface area contributed by atoms with E-state index in [9.17, 15) is 4.79 Å². The van der Waals surface area contributed by atoms with Crippen LogP contribution < -0.4 is 0 Å². The van der Waals surface area contributed by atoms with E-state index < -0.39 is 0 Å². The molecule has 2 aromatic heterocycles. The van der Waals surface area contributed by atoms with Crippen molar-refractivity contribution in [1.29, 1.82) is 0 Å². The number of nitrogens with zero attached hydrogens (tertiary/aromatic N) is 5. The van der Waals surface area contributed by atoms with Gasteiger partial charge in [-0.2, -0.15) is 10.2 Å². The molecule has 0 aliphatic rings. The van der Waals surface area contributed by atoms with Gasteiger partial charge in [-0.05, 0) is 12.3 Å². The first-order valence-electron chi connectivity index (χ1n) is 6.93. The van der Waals surface area contributed by atoms with Gasteiger partial charge in [0.25, 0.3) is 0 Å². The summed E-state index contributed by atoms with van der Waals surface area (Å²) < 4.78 is 3.50. The molecule has 0 aromatic carbocycles. The molecule has 0 spiro atoms. The smallest absolute Gasteiger partial charge is 0.173 e. The van der Waals surface area contributed by atoms with Crippen molar-refractivity contribution in [3.05, 3.63) is 29.6 Å². The monoisotopic (exact) mass is 275 g/mol. The predicted octanol–water partition coefficient (Wildman–Crippen LogP) is 1.66. The van der Waals surface area contributed by atoms with Gasteiger partial charge in [-0.1, -0.05) is 20.8 Å². The second-order valence-corrected chi connectivity index (χ2v) is 5.37. The van der Waals surface area contributed by atoms with E-state index in [4.69, 9.17) is 0 Å². The summed E-state index contributed by atoms with van der Waals surface area (Å²) >= 11 is 0. The number of hydrogen-bond donors (Lipinski definition) is 0. The Morgan fingerprint density at radius 2 is 2.15 bits per heavy atom. The average Bonchev–Trinajstić information content (AvgIpc) is 2.95. The molecule has 0 atom stereocenters. The molecule has 0 aliphatic carbocycles. The minimum atomic E-state index is 0.0490. The molecule has 0 fully saturated rings. The van der Waals surface area contributed by atoms with Crippen molar-refractivity contribution in [3.63, 3.8) is 0 Å². The van der Waals surface area contributed by atoms with Crippen LogP contribution in [-0.2, 0) is 26.4 Å². The molecule has 0 saturated carbocycles. The molecule has 0 aliphatic heterocycles. The van der Waals surface area contributed by atoms with Crippen LogP contribution in [0.5, 0.6) is 0 Å². The summed E-state index contributed by atoms with van der Waals surface area (Å²) in [7, 11) is 1.83. The number of rotatable bonds is 6. The molecule has 2 aromatic rings. The normalized spacial score (nSPS) is 11.2. The Morgan fingerprint density at radius 1 is 1.40 bits per heavy atom. The number of carbonyl (C=O) groups is 1. The second-order valence-electron chi connectivity index (χ2n) is 5.37. The molecule has 6 heteroatoms. The number of Topliss-reactive ketones (excluding diaryl/α,β-unsaturated/α-hetero) is 1. The van der Waals surface area contributed by atoms with Crippen molar-refractivity contribution >= 4 is 5.78 Å². The molecule has 6 nitrogen and oxygen atoms in total. The van der Waals surface area contributed by atoms with E-state index >= 15 is 0 Å². The third kappa shape index (κ3) is 3.12. The van der Waals surface area contributed by atoms with Crippen molar-refractivity contribution in [2.75, 3.05) is 0 Å². The van der Waals surface area contributed by atoms with Gasteiger partial charge in [0.1, 0.15) is 12.2 Å². The van der Waals surface area contributed by atoms with Crippen LogP contribution in [0.25, 0.3) is 0 Å². The number of ketones is 1. The van der Waals surface area contributed by atoms with Gasteiger partial charge < -0.3 is 0 Å². The van der Waals surface area contributed by atoms with E-state index in [2.05, 4.69) is 29.0 Å². The van der Waals surface area contributed by atoms with Crippen molar-refractivity contribution in [3.8, 4) is 0 Å². The van der Waals surface area contributed by atoms with Crippen molar-refractivity contribution in [2.24, 2.45) is 13.0 Å². The van der Waals surface area contributed by atoms with Gasteiger partial charge in [0.15, 0.2) is 5.78 Å². The van der Waals surface area contributed by atoms with Crippen LogP contribution in [0.2, 0.25) is 0 Å². The van der Waals surface area contributed by atoms with Gasteiger partial charge in [-0.3, -0.25) is 9.48 Å². The first-order valence-corrected chi connectivity index (χ1v) is 6.93. The van der Waals surface area contributed by atoms with Crippen LogP contribution in [0.15, 0.2) is 12.5 Å². The summed E-state index contributed by atoms with van der Waals surface area (Å²) in [5.41, 5.74) is 1.53. The molecule has 0 saturated heterocycles. The maximum absolute atomic E-state index is 12.4. The largest absolute Gasteiger partial charge is 0.294 e. The maximum Gasteiger partial charge on any atom is 0.173 e. The molecule has 20 heavy (non-hydrogen) atoms. The SMILES string of the molecule is CCc1nn(C)cc1C(=O)Cc1ncnn1CC(C)C. The highest BCUT2D eigenvalue weighted by Gasteiger charge is 2.17. The molecule has 0 radical (unpaired) electrons. The molecule has 0 amide bonds. The Kier molecular flexibility index (Phi) is 4.32. The Morgan fingerprint density at radius 3 is 2.80 bits per heavy atom. The zero-order valence-corrected chi connectivity index (χ0v) is 12.5. The molecule has 0 unspecified atom stereocenters. The van der Waals surface area contributed by atoms with Crippen LogP contribution in [0, 0.1) is 5.92 Å². The van der Waals surface area contributed by atoms with E-state index in [1.807, 2.05) is 18.7 Å². The minimum Gasteiger partial charge on any atom is -0.294 e. The van der Waals surface area contributed by atoms with Gasteiger partial charge in [-0.15, -0.1) is 0 Å². The highest BCUT2D eigenvalue weighted by Crippen LogP contribution is 2.11. The summed E-state index contributed by atoms with van der Waals surface area (Å²) in [6.45, 7) is 7.00. The fraction of sp³-hybridized carbons (Fsp3) is 0.571. The molecule has 108 valence electrons. The van der Waals surface area contributed by atoms with E-state index in [1.54, 1.807) is 10.9 Å². The van der Waals surface area contributed by atoms with E-state index in [0.717, 1.165) is 24.5 Å². The highest BCUT2D eigenvalue weighted by atomic mass is 16.1. The van der Waals surface area contributed by atoms with Crippen LogP contribution in [0.4, 0.5) is 0 Å². The number of aromatic nitrogens is 5. The lowest BCUT2D eigenvalue weighted by atomic mass is 10.1. The lowest BCUT2D eigenvalue weighted by Crippen LogP contribution is -2.14. The van der Waals surface area contributed by atoms with Gasteiger partial charge in [-0.25, -0.2) is 9.67 Å². The van der Waals surface area contributed by atoms with Crippen LogP contribution in [0.3, 0.4) is 0 Å². The zero-order valence-electron chi connectivity index (χ0n) is 12.5. The quantitative estimate of drug-likeness (QED) is 0.752. The van der Waals surface area contributed by atoms with Crippen molar-refractivity contribution in [2.45, 2.75) is 40.2 Å². The highest BCUT2D eigenvalue weighted by molar-refractivity contribution is 5.97. The van der Waals surface area contributed by atoms with Crippen LogP contribution in [0.1, 0.15) is 42.6 Å². The molecule has 0 bridgehead atoms. The summed E-state index contributed by atoms with van der Waals surface area (Å²) in [6.07, 6.45) is 4.31. The van der Waals surface area contributed by atoms with Crippen molar-refractivity contribution < 1.29 is 4.79 Å². The average molecular weight is 275 g/mol. The number of carbonyl (C=O) groups excluding carboxylic acids is 1. The fourth-order valence-electron chi connectivity index (χ4n) is 2.19. The molecule has 2 heterocycles. The lowest BCUT2D eigenvalue weighted by Gasteiger charge is -2.07. The van der Waals surface area contributed by atoms with Gasteiger partial charge in [0.2, 0.25) is 0 Å². The first kappa shape index (κ1) is 14.4. The molecular weight excluding hydrogens is 254 g/mol. The number of hydrogen-bond acceptors (Lipinski definition) is 4. The van der Waals surface area contributed by atoms with E-state index in [0.29, 0.717) is 11.5 Å².